The van der Waals surface area contributed by atoms with Gasteiger partial charge in [-0.3, -0.25) is 0 Å². The first-order valence-corrected chi connectivity index (χ1v) is 0.983. The number of hydrogen-bond acceptors (Lipinski definition) is 4. The van der Waals surface area contributed by atoms with Crippen molar-refractivity contribution in [2.45, 2.75) is 6.16 Å². The number of rotatable bonds is 0. The molecule has 7 heavy (non-hydrogen) atoms. The van der Waals surface area contributed by atoms with Crippen molar-refractivity contribution in [2.75, 3.05) is 0 Å². The molecule has 6 heteroatoms. The fourth-order valence-electron chi connectivity index (χ4n) is 0.0340. The molecule has 0 aromatic heterocycles. The van der Waals surface area contributed by atoms with Crippen LogP contribution in [0.5, 0.6) is 0 Å². The summed E-state index contributed by atoms with van der Waals surface area (Å²) in [5, 5.41) is 18.4. The third kappa shape index (κ3) is 5.69. The Kier molecular flexibility index (Phi) is 6.24. The van der Waals surface area contributed by atoms with E-state index in [1.165, 1.54) is 0 Å². The molecule has 0 spiro atoms. The monoisotopic (exact) mass is 164 g/mol. The quantitative estimate of drug-likeness (QED) is 0.164. The van der Waals surface area contributed by atoms with Crippen molar-refractivity contribution in [1.82, 2.24) is 0 Å². The van der Waals surface area contributed by atoms with Gasteiger partial charge in [-0.25, -0.2) is 9.78 Å². The van der Waals surface area contributed by atoms with Gasteiger partial charge in [-0.15, -0.1) is 0 Å². The summed E-state index contributed by atoms with van der Waals surface area (Å²) in [5.74, 6) is 0. The topological polar surface area (TPSA) is 71.2 Å². The molecule has 1 rings (SSSR count). The third-order valence-electron chi connectivity index (χ3n) is 0.219. The fraction of sp³-hybridized carbons (Fsp3) is 1.00. The minimum Gasteiger partial charge on any atom is -0.815 e. The van der Waals surface area contributed by atoms with Gasteiger partial charge in [0.15, 0.2) is 0 Å². The zero-order chi connectivity index (χ0) is 3.91. The van der Waals surface area contributed by atoms with Gasteiger partial charge in [-0.1, -0.05) is 0 Å². The van der Waals surface area contributed by atoms with Gasteiger partial charge in [0.05, 0.1) is 6.16 Å². The average molecular weight is 164 g/mol. The van der Waals surface area contributed by atoms with E-state index < -0.39 is 6.16 Å². The normalized spacial score (nSPS) is 21.4. The van der Waals surface area contributed by atoms with Crippen molar-refractivity contribution in [1.29, 1.82) is 0 Å². The molecular weight excluding hydrogens is 164 g/mol. The molecule has 1 aliphatic rings. The van der Waals surface area contributed by atoms with Crippen LogP contribution < -0.4 is 10.2 Å². The Morgan fingerprint density at radius 2 is 1.29 bits per heavy atom. The summed E-state index contributed by atoms with van der Waals surface area (Å²) >= 11 is 0. The first kappa shape index (κ1) is 11.6. The van der Waals surface area contributed by atoms with Crippen LogP contribution in [-0.2, 0) is 31.5 Å². The van der Waals surface area contributed by atoms with Crippen LogP contribution in [0.3, 0.4) is 0 Å². The molecule has 4 nitrogen and oxygen atoms in total. The Balaban J connectivity index is 0. The van der Waals surface area contributed by atoms with Gasteiger partial charge in [0.25, 0.3) is 0 Å². The van der Waals surface area contributed by atoms with E-state index in [0.717, 1.165) is 0 Å². The minimum atomic E-state index is -2.75. The van der Waals surface area contributed by atoms with Crippen molar-refractivity contribution in [3.8, 4) is 0 Å². The molecule has 1 fully saturated rings. The van der Waals surface area contributed by atoms with Crippen molar-refractivity contribution in [3.63, 3.8) is 0 Å². The van der Waals surface area contributed by atoms with Crippen LogP contribution in [-0.4, -0.2) is 43.9 Å². The summed E-state index contributed by atoms with van der Waals surface area (Å²) in [4.78, 5) is 6.57. The summed E-state index contributed by atoms with van der Waals surface area (Å²) in [6.07, 6.45) is -2.75. The van der Waals surface area contributed by atoms with Crippen LogP contribution in [0.1, 0.15) is 0 Å². The fourth-order valence-corrected chi connectivity index (χ4v) is 0.0340. The Bertz CT molecular complexity index is 49.7. The summed E-state index contributed by atoms with van der Waals surface area (Å²) in [6.45, 7) is 0. The molecule has 0 amide bonds. The average Bonchev–Trinajstić information content (AvgIpc) is 1.76. The number of hydrogen-bond donors (Lipinski definition) is 0. The molecule has 1 aliphatic heterocycles. The minimum absolute atomic E-state index is 0. The molecule has 0 aromatic rings. The maximum Gasteiger partial charge on any atom is 2.00 e. The van der Waals surface area contributed by atoms with Crippen LogP contribution in [0.2, 0.25) is 0 Å². The van der Waals surface area contributed by atoms with Crippen LogP contribution >= 0.6 is 0 Å². The largest absolute Gasteiger partial charge is 2.00 e. The second-order valence-corrected chi connectivity index (χ2v) is 0.667. The van der Waals surface area contributed by atoms with Crippen LogP contribution in [0.4, 0.5) is 0 Å². The van der Waals surface area contributed by atoms with E-state index in [1.807, 2.05) is 0 Å². The summed E-state index contributed by atoms with van der Waals surface area (Å²) in [7, 11) is 0. The molecule has 0 unspecified atom stereocenters. The predicted molar refractivity (Wildman–Crippen MR) is 10.7 cm³/mol. The maximum absolute atomic E-state index is 9.22. The van der Waals surface area contributed by atoms with E-state index in [4.69, 9.17) is 0 Å². The molecule has 0 saturated carbocycles. The molecule has 0 radical (unpaired) electrons. The van der Waals surface area contributed by atoms with E-state index >= 15 is 0 Å². The Morgan fingerprint density at radius 3 is 1.29 bits per heavy atom. The van der Waals surface area contributed by atoms with Gasteiger partial charge in [0.2, 0.25) is 0 Å². The zero-order valence-electron chi connectivity index (χ0n) is 3.34. The predicted octanol–water partition coefficient (Wildman–Crippen LogP) is -3.10. The van der Waals surface area contributed by atoms with Crippen LogP contribution in [0, 0.1) is 0 Å². The molecule has 34 valence electrons. The van der Waals surface area contributed by atoms with Gasteiger partial charge < -0.3 is 10.2 Å². The Hall–Kier alpha value is 1.81. The van der Waals surface area contributed by atoms with Crippen LogP contribution in [0.25, 0.3) is 0 Å². The molecule has 0 N–H and O–H groups in total. The molecular formula is CCaO4Ti. The molecule has 0 aromatic carbocycles. The van der Waals surface area contributed by atoms with Crippen molar-refractivity contribution in [3.05, 3.63) is 0 Å². The molecule has 0 bridgehead atoms. The first-order valence-electron chi connectivity index (χ1n) is 0.983. The molecule has 1 saturated heterocycles. The Morgan fingerprint density at radius 1 is 1.14 bits per heavy atom. The third-order valence-corrected chi connectivity index (χ3v) is 0.219. The van der Waals surface area contributed by atoms with Gasteiger partial charge in [0.1, 0.15) is 0 Å². The molecule has 0 aliphatic carbocycles. The zero-order valence-corrected chi connectivity index (χ0v) is 7.11. The van der Waals surface area contributed by atoms with Gasteiger partial charge in [0, 0.05) is 21.7 Å². The second kappa shape index (κ2) is 3.77. The van der Waals surface area contributed by atoms with Crippen molar-refractivity contribution < 1.29 is 41.7 Å². The summed E-state index contributed by atoms with van der Waals surface area (Å²) in [6, 6.07) is 0. The smallest absolute Gasteiger partial charge is 0.815 e. The van der Waals surface area contributed by atoms with Crippen LogP contribution in [0.15, 0.2) is 0 Å². The van der Waals surface area contributed by atoms with E-state index in [2.05, 4.69) is 9.78 Å². The first-order chi connectivity index (χ1) is 2.21. The summed E-state index contributed by atoms with van der Waals surface area (Å²) in [5.41, 5.74) is 0. The standard InChI is InChI=1S/CO4.Ca.Ti/c2-1(3)4-5-1;;/q-2;+2;. The van der Waals surface area contributed by atoms with Gasteiger partial charge in [-0.2, -0.15) is 0 Å². The molecule has 1 heterocycles. The van der Waals surface area contributed by atoms with E-state index in [9.17, 15) is 10.2 Å². The SMILES string of the molecule is [Ca+2].[O-]C1([O-])OO1.[Ti]. The molecule has 0 atom stereocenters. The van der Waals surface area contributed by atoms with E-state index in [1.54, 1.807) is 0 Å². The maximum atomic E-state index is 9.22. The second-order valence-electron chi connectivity index (χ2n) is 0.667. The van der Waals surface area contributed by atoms with Crippen molar-refractivity contribution in [2.24, 2.45) is 0 Å². The van der Waals surface area contributed by atoms with E-state index in [0.29, 0.717) is 0 Å². The van der Waals surface area contributed by atoms with Gasteiger partial charge >= 0.3 is 37.7 Å². The summed E-state index contributed by atoms with van der Waals surface area (Å²) < 4.78 is 0. The Labute approximate surface area is 84.6 Å². The van der Waals surface area contributed by atoms with Crippen molar-refractivity contribution >= 4 is 37.7 Å². The van der Waals surface area contributed by atoms with Gasteiger partial charge in [-0.05, 0) is 0 Å². The van der Waals surface area contributed by atoms with E-state index in [-0.39, 0.29) is 59.5 Å².